The SMILES string of the molecule is CC(C)c1ccnc2c1C(C(C)C)CCCC2. The summed E-state index contributed by atoms with van der Waals surface area (Å²) in [5.74, 6) is 2.07. The Labute approximate surface area is 106 Å². The third-order valence-electron chi connectivity index (χ3n) is 4.08. The zero-order valence-corrected chi connectivity index (χ0v) is 11.7. The first-order valence-electron chi connectivity index (χ1n) is 7.09. The molecule has 0 amide bonds. The van der Waals surface area contributed by atoms with E-state index in [1.54, 1.807) is 5.56 Å². The summed E-state index contributed by atoms with van der Waals surface area (Å²) in [6.07, 6.45) is 7.20. The van der Waals surface area contributed by atoms with Gasteiger partial charge in [0.1, 0.15) is 0 Å². The van der Waals surface area contributed by atoms with Crippen molar-refractivity contribution in [1.82, 2.24) is 4.98 Å². The van der Waals surface area contributed by atoms with Crippen molar-refractivity contribution >= 4 is 0 Å². The van der Waals surface area contributed by atoms with Crippen molar-refractivity contribution in [3.05, 3.63) is 29.1 Å². The van der Waals surface area contributed by atoms with Crippen molar-refractivity contribution in [1.29, 1.82) is 0 Å². The van der Waals surface area contributed by atoms with Crippen LogP contribution in [0.15, 0.2) is 12.3 Å². The van der Waals surface area contributed by atoms with Crippen LogP contribution in [0.3, 0.4) is 0 Å². The fourth-order valence-electron chi connectivity index (χ4n) is 3.13. The standard InChI is InChI=1S/C16H25N/c1-11(2)13-7-5-6-8-15-16(13)14(12(3)4)9-10-17-15/h9-13H,5-8H2,1-4H3. The number of aryl methyl sites for hydroxylation is 1. The lowest BCUT2D eigenvalue weighted by molar-refractivity contribution is 0.456. The highest BCUT2D eigenvalue weighted by molar-refractivity contribution is 5.36. The molecule has 1 heteroatoms. The smallest absolute Gasteiger partial charge is 0.0441 e. The van der Waals surface area contributed by atoms with E-state index in [1.807, 2.05) is 6.20 Å². The minimum Gasteiger partial charge on any atom is -0.261 e. The predicted molar refractivity (Wildman–Crippen MR) is 73.5 cm³/mol. The Kier molecular flexibility index (Phi) is 3.86. The van der Waals surface area contributed by atoms with Crippen LogP contribution in [-0.4, -0.2) is 4.98 Å². The van der Waals surface area contributed by atoms with Gasteiger partial charge in [-0.3, -0.25) is 4.98 Å². The molecule has 0 saturated carbocycles. The highest BCUT2D eigenvalue weighted by Crippen LogP contribution is 2.38. The summed E-state index contributed by atoms with van der Waals surface area (Å²) in [6.45, 7) is 9.32. The minimum atomic E-state index is 0.617. The van der Waals surface area contributed by atoms with Gasteiger partial charge in [0.2, 0.25) is 0 Å². The first-order valence-corrected chi connectivity index (χ1v) is 7.09. The fraction of sp³-hybridized carbons (Fsp3) is 0.688. The Morgan fingerprint density at radius 3 is 2.59 bits per heavy atom. The van der Waals surface area contributed by atoms with E-state index >= 15 is 0 Å². The summed E-state index contributed by atoms with van der Waals surface area (Å²) in [7, 11) is 0. The third kappa shape index (κ3) is 2.53. The predicted octanol–water partition coefficient (Wildman–Crippen LogP) is 4.67. The maximum absolute atomic E-state index is 4.65. The van der Waals surface area contributed by atoms with E-state index in [0.29, 0.717) is 5.92 Å². The number of nitrogens with zero attached hydrogens (tertiary/aromatic N) is 1. The molecule has 1 nitrogen and oxygen atoms in total. The largest absolute Gasteiger partial charge is 0.261 e. The Morgan fingerprint density at radius 1 is 1.18 bits per heavy atom. The van der Waals surface area contributed by atoms with Crippen LogP contribution in [0, 0.1) is 5.92 Å². The van der Waals surface area contributed by atoms with Crippen LogP contribution in [0.1, 0.15) is 75.6 Å². The van der Waals surface area contributed by atoms with Crippen LogP contribution in [0.25, 0.3) is 0 Å². The van der Waals surface area contributed by atoms with Gasteiger partial charge in [0.25, 0.3) is 0 Å². The molecule has 0 aliphatic heterocycles. The Morgan fingerprint density at radius 2 is 1.94 bits per heavy atom. The van der Waals surface area contributed by atoms with Crippen LogP contribution >= 0.6 is 0 Å². The molecule has 0 radical (unpaired) electrons. The normalized spacial score (nSPS) is 20.5. The molecular weight excluding hydrogens is 206 g/mol. The molecule has 1 aliphatic rings. The first-order chi connectivity index (χ1) is 8.11. The molecule has 1 atom stereocenters. The maximum atomic E-state index is 4.65. The molecule has 0 bridgehead atoms. The number of pyridine rings is 1. The zero-order valence-electron chi connectivity index (χ0n) is 11.7. The topological polar surface area (TPSA) is 12.9 Å². The van der Waals surface area contributed by atoms with Gasteiger partial charge in [-0.1, -0.05) is 34.1 Å². The number of rotatable bonds is 2. The van der Waals surface area contributed by atoms with E-state index in [9.17, 15) is 0 Å². The summed E-state index contributed by atoms with van der Waals surface area (Å²) in [5, 5.41) is 0. The second-order valence-corrected chi connectivity index (χ2v) is 6.01. The molecule has 0 N–H and O–H groups in total. The molecule has 0 spiro atoms. The Hall–Kier alpha value is -0.850. The molecule has 1 unspecified atom stereocenters. The second-order valence-electron chi connectivity index (χ2n) is 6.01. The lowest BCUT2D eigenvalue weighted by Crippen LogP contribution is -2.12. The number of fused-ring (bicyclic) bond motifs is 1. The summed E-state index contributed by atoms with van der Waals surface area (Å²) in [5.41, 5.74) is 4.51. The van der Waals surface area contributed by atoms with Crippen LogP contribution in [0.2, 0.25) is 0 Å². The molecule has 0 fully saturated rings. The minimum absolute atomic E-state index is 0.617. The van der Waals surface area contributed by atoms with Crippen LogP contribution in [-0.2, 0) is 6.42 Å². The second kappa shape index (κ2) is 5.20. The molecular formula is C16H25N. The van der Waals surface area contributed by atoms with Crippen molar-refractivity contribution in [2.24, 2.45) is 5.92 Å². The van der Waals surface area contributed by atoms with Gasteiger partial charge in [0.05, 0.1) is 0 Å². The molecule has 1 aliphatic carbocycles. The first kappa shape index (κ1) is 12.6. The zero-order chi connectivity index (χ0) is 12.4. The number of hydrogen-bond acceptors (Lipinski definition) is 1. The van der Waals surface area contributed by atoms with E-state index in [1.165, 1.54) is 36.9 Å². The van der Waals surface area contributed by atoms with E-state index in [0.717, 1.165) is 11.8 Å². The third-order valence-corrected chi connectivity index (χ3v) is 4.08. The lowest BCUT2D eigenvalue weighted by atomic mass is 9.80. The van der Waals surface area contributed by atoms with E-state index in [-0.39, 0.29) is 0 Å². The average molecular weight is 231 g/mol. The summed E-state index contributed by atoms with van der Waals surface area (Å²) >= 11 is 0. The van der Waals surface area contributed by atoms with Crippen molar-refractivity contribution < 1.29 is 0 Å². The summed E-state index contributed by atoms with van der Waals surface area (Å²) in [6, 6.07) is 2.24. The quantitative estimate of drug-likeness (QED) is 0.674. The fourth-order valence-corrected chi connectivity index (χ4v) is 3.13. The summed E-state index contributed by atoms with van der Waals surface area (Å²) in [4.78, 5) is 4.65. The van der Waals surface area contributed by atoms with Crippen LogP contribution < -0.4 is 0 Å². The Balaban J connectivity index is 2.52. The summed E-state index contributed by atoms with van der Waals surface area (Å²) < 4.78 is 0. The lowest BCUT2D eigenvalue weighted by Gasteiger charge is -2.25. The molecule has 94 valence electrons. The van der Waals surface area contributed by atoms with Gasteiger partial charge in [-0.2, -0.15) is 0 Å². The van der Waals surface area contributed by atoms with Gasteiger partial charge in [0.15, 0.2) is 0 Å². The van der Waals surface area contributed by atoms with Crippen molar-refractivity contribution in [3.8, 4) is 0 Å². The molecule has 1 aromatic heterocycles. The number of aromatic nitrogens is 1. The van der Waals surface area contributed by atoms with Crippen LogP contribution in [0.5, 0.6) is 0 Å². The highest BCUT2D eigenvalue weighted by atomic mass is 14.7. The van der Waals surface area contributed by atoms with Gasteiger partial charge < -0.3 is 0 Å². The van der Waals surface area contributed by atoms with E-state index in [4.69, 9.17) is 0 Å². The van der Waals surface area contributed by atoms with Gasteiger partial charge in [-0.05, 0) is 54.2 Å². The number of hydrogen-bond donors (Lipinski definition) is 0. The highest BCUT2D eigenvalue weighted by Gasteiger charge is 2.25. The van der Waals surface area contributed by atoms with Crippen molar-refractivity contribution in [3.63, 3.8) is 0 Å². The van der Waals surface area contributed by atoms with Gasteiger partial charge in [0, 0.05) is 11.9 Å². The molecule has 1 heterocycles. The molecule has 0 saturated heterocycles. The van der Waals surface area contributed by atoms with Gasteiger partial charge >= 0.3 is 0 Å². The van der Waals surface area contributed by atoms with Crippen molar-refractivity contribution in [2.45, 2.75) is 65.2 Å². The van der Waals surface area contributed by atoms with E-state index < -0.39 is 0 Å². The monoisotopic (exact) mass is 231 g/mol. The van der Waals surface area contributed by atoms with Gasteiger partial charge in [-0.25, -0.2) is 0 Å². The molecule has 2 rings (SSSR count). The van der Waals surface area contributed by atoms with Gasteiger partial charge in [-0.15, -0.1) is 0 Å². The Bertz CT molecular complexity index is 379. The molecule has 1 aromatic rings. The maximum Gasteiger partial charge on any atom is 0.0441 e. The molecule has 17 heavy (non-hydrogen) atoms. The van der Waals surface area contributed by atoms with Crippen LogP contribution in [0.4, 0.5) is 0 Å². The average Bonchev–Trinajstić information content (AvgIpc) is 2.50. The molecule has 0 aromatic carbocycles. The van der Waals surface area contributed by atoms with Crippen molar-refractivity contribution in [2.75, 3.05) is 0 Å². The van der Waals surface area contributed by atoms with E-state index in [2.05, 4.69) is 38.7 Å².